The normalized spacial score (nSPS) is 10.9. The summed E-state index contributed by atoms with van der Waals surface area (Å²) in [6.07, 6.45) is 0. The molecule has 0 radical (unpaired) electrons. The van der Waals surface area contributed by atoms with Crippen LogP contribution in [0.25, 0.3) is 11.7 Å². The molecule has 4 nitrogen and oxygen atoms in total. The number of aromatic nitrogens is 3. The highest BCUT2D eigenvalue weighted by atomic mass is 32.1. The monoisotopic (exact) mass is 115 g/mol. The van der Waals surface area contributed by atoms with Gasteiger partial charge in [0.2, 0.25) is 5.82 Å². The zero-order chi connectivity index (χ0) is 4.69. The Balaban J connectivity index is 2.89. The zero-order valence-corrected chi connectivity index (χ0v) is 4.03. The Hall–Kier alpha value is -0.840. The fourth-order valence-corrected chi connectivity index (χ4v) is 0.778. The first-order valence-corrected chi connectivity index (χ1v) is 2.42. The molecule has 5 heteroatoms. The van der Waals surface area contributed by atoms with E-state index in [-0.39, 0.29) is 0 Å². The van der Waals surface area contributed by atoms with Crippen LogP contribution in [-0.4, -0.2) is 14.6 Å². The van der Waals surface area contributed by atoms with Crippen molar-refractivity contribution in [1.29, 1.82) is 0 Å². The fourth-order valence-electron chi connectivity index (χ4n) is 0.360. The molecule has 7 heavy (non-hydrogen) atoms. The van der Waals surface area contributed by atoms with E-state index < -0.39 is 0 Å². The minimum Gasteiger partial charge on any atom is -0.359 e. The van der Waals surface area contributed by atoms with E-state index in [0.29, 0.717) is 5.89 Å². The average Bonchev–Trinajstić information content (AvgIpc) is 1.85. The quantitative estimate of drug-likeness (QED) is 0.546. The molecule has 0 aromatic rings. The van der Waals surface area contributed by atoms with E-state index >= 15 is 0 Å². The topological polar surface area (TPSA) is 54.7 Å². The summed E-state index contributed by atoms with van der Waals surface area (Å²) in [5, 5.41) is 6.22. The molecule has 0 spiro atoms. The predicted octanol–water partition coefficient (Wildman–Crippen LogP) is 0.564. The molecule has 0 fully saturated rings. The first-order chi connectivity index (χ1) is 3.47. The van der Waals surface area contributed by atoms with Gasteiger partial charge in [-0.2, -0.15) is 0 Å². The van der Waals surface area contributed by atoms with Crippen LogP contribution in [0, 0.1) is 0 Å². The molecule has 2 rings (SSSR count). The van der Waals surface area contributed by atoms with Gasteiger partial charge in [0.15, 0.2) is 11.8 Å². The molecule has 2 aliphatic rings. The molecule has 2 heterocycles. The molecule has 0 aliphatic carbocycles. The number of hydrogen-bond acceptors (Lipinski definition) is 4. The third kappa shape index (κ3) is 0.257. The summed E-state index contributed by atoms with van der Waals surface area (Å²) in [7, 11) is 0. The van der Waals surface area contributed by atoms with Gasteiger partial charge in [-0.3, -0.25) is 5.10 Å². The lowest BCUT2D eigenvalue weighted by molar-refractivity contribution is 0.641. The summed E-state index contributed by atoms with van der Waals surface area (Å²) < 4.78 is 8.53. The van der Waals surface area contributed by atoms with Gasteiger partial charge in [-0.05, 0) is 0 Å². The van der Waals surface area contributed by atoms with E-state index in [1.54, 1.807) is 0 Å². The number of nitrogens with zero attached hydrogens (tertiary/aromatic N) is 2. The summed E-state index contributed by atoms with van der Waals surface area (Å²) in [5.74, 6) is 1.37. The van der Waals surface area contributed by atoms with E-state index in [9.17, 15) is 0 Å². The number of rotatable bonds is 0. The van der Waals surface area contributed by atoms with Crippen LogP contribution in [0.15, 0.2) is 3.85 Å². The maximum atomic E-state index is 4.75. The van der Waals surface area contributed by atoms with Crippen molar-refractivity contribution in [3.63, 3.8) is 0 Å². The van der Waals surface area contributed by atoms with Gasteiger partial charge in [-0.1, -0.05) is 0 Å². The van der Waals surface area contributed by atoms with Crippen LogP contribution in [-0.2, 0) is 0 Å². The summed E-state index contributed by atoms with van der Waals surface area (Å²) in [6.45, 7) is 0. The van der Waals surface area contributed by atoms with Crippen molar-refractivity contribution >= 4 is 11.8 Å². The second-order valence-electron chi connectivity index (χ2n) is 1.13. The molecule has 1 N–H and O–H groups in total. The van der Waals surface area contributed by atoms with Crippen LogP contribution < -0.4 is 0 Å². The largest absolute Gasteiger partial charge is 0.359 e. The second-order valence-corrected chi connectivity index (χ2v) is 1.62. The van der Waals surface area contributed by atoms with Crippen LogP contribution in [0.4, 0.5) is 0 Å². The molecule has 0 saturated heterocycles. The lowest BCUT2D eigenvalue weighted by Gasteiger charge is -1.89. The van der Waals surface area contributed by atoms with Crippen LogP contribution in [0.3, 0.4) is 0 Å². The van der Waals surface area contributed by atoms with E-state index in [0.717, 1.165) is 17.7 Å². The van der Waals surface area contributed by atoms with E-state index in [1.807, 2.05) is 0 Å². The lowest BCUT2D eigenvalue weighted by Crippen LogP contribution is -1.94. The standard InChI is InChI=1S/C2HN3OS/c3-1-2(4-3)6-7-5-1/h(H,3,5). The Morgan fingerprint density at radius 1 is 1.71 bits per heavy atom. The molecular weight excluding hydrogens is 114 g/mol. The first kappa shape index (κ1) is 3.20. The maximum absolute atomic E-state index is 4.75. The Morgan fingerprint density at radius 3 is 3.00 bits per heavy atom. The highest BCUT2D eigenvalue weighted by molar-refractivity contribution is 6.96. The lowest BCUT2D eigenvalue weighted by atomic mass is 10.6. The average molecular weight is 115 g/mol. The third-order valence-corrected chi connectivity index (χ3v) is 1.20. The Kier molecular flexibility index (Phi) is 0.395. The van der Waals surface area contributed by atoms with Crippen molar-refractivity contribution in [2.45, 2.75) is 0 Å². The first-order valence-electron chi connectivity index (χ1n) is 1.72. The Bertz CT molecular complexity index is 198. The molecule has 0 aromatic carbocycles. The number of nitrogens with one attached hydrogen (secondary N) is 1. The van der Waals surface area contributed by atoms with Crippen molar-refractivity contribution < 1.29 is 3.85 Å². The van der Waals surface area contributed by atoms with Crippen molar-refractivity contribution in [3.8, 4) is 11.7 Å². The van der Waals surface area contributed by atoms with Crippen molar-refractivity contribution in [2.24, 2.45) is 0 Å². The SMILES string of the molecule is n1soc2n[nH]c1-2. The summed E-state index contributed by atoms with van der Waals surface area (Å²) in [5.41, 5.74) is 0. The van der Waals surface area contributed by atoms with E-state index in [4.69, 9.17) is 3.85 Å². The zero-order valence-electron chi connectivity index (χ0n) is 3.21. The molecule has 2 aliphatic heterocycles. The predicted molar refractivity (Wildman–Crippen MR) is 23.1 cm³/mol. The van der Waals surface area contributed by atoms with Gasteiger partial charge in [-0.25, -0.2) is 0 Å². The second kappa shape index (κ2) is 0.865. The van der Waals surface area contributed by atoms with E-state index in [1.165, 1.54) is 0 Å². The number of aromatic amines is 1. The molecule has 0 unspecified atom stereocenters. The Morgan fingerprint density at radius 2 is 2.71 bits per heavy atom. The van der Waals surface area contributed by atoms with Crippen LogP contribution >= 0.6 is 11.8 Å². The van der Waals surface area contributed by atoms with Crippen molar-refractivity contribution in [1.82, 2.24) is 14.6 Å². The molecule has 36 valence electrons. The van der Waals surface area contributed by atoms with Gasteiger partial charge >= 0.3 is 0 Å². The molecule has 0 aromatic heterocycles. The molecule has 0 atom stereocenters. The summed E-state index contributed by atoms with van der Waals surface area (Å²) in [4.78, 5) is 0. The summed E-state index contributed by atoms with van der Waals surface area (Å²) in [6, 6.07) is 0. The van der Waals surface area contributed by atoms with Gasteiger partial charge in [-0.15, -0.1) is 9.47 Å². The fraction of sp³-hybridized carbons (Fsp3) is 0. The van der Waals surface area contributed by atoms with Crippen molar-refractivity contribution in [2.75, 3.05) is 0 Å². The highest BCUT2D eigenvalue weighted by Gasteiger charge is 2.11. The minimum absolute atomic E-state index is 0.616. The highest BCUT2D eigenvalue weighted by Crippen LogP contribution is 2.17. The van der Waals surface area contributed by atoms with E-state index in [2.05, 4.69) is 14.6 Å². The van der Waals surface area contributed by atoms with Gasteiger partial charge in [0.05, 0.1) is 0 Å². The molecule has 0 amide bonds. The Labute approximate surface area is 42.9 Å². The summed E-state index contributed by atoms with van der Waals surface area (Å²) >= 11 is 1.05. The van der Waals surface area contributed by atoms with Crippen LogP contribution in [0.1, 0.15) is 0 Å². The smallest absolute Gasteiger partial charge is 0.298 e. The molecule has 0 saturated carbocycles. The van der Waals surface area contributed by atoms with Gasteiger partial charge < -0.3 is 3.85 Å². The number of H-pyrrole nitrogens is 1. The van der Waals surface area contributed by atoms with Gasteiger partial charge in [0, 0.05) is 0 Å². The maximum Gasteiger partial charge on any atom is 0.298 e. The minimum atomic E-state index is 0.616. The van der Waals surface area contributed by atoms with Gasteiger partial charge in [0.1, 0.15) is 0 Å². The third-order valence-electron chi connectivity index (χ3n) is 0.711. The molecular formula is C2HN3OS. The molecule has 0 bridgehead atoms. The number of hydrogen-bond donors (Lipinski definition) is 1. The number of fused-ring (bicyclic) bond motifs is 1. The van der Waals surface area contributed by atoms with Gasteiger partial charge in [0.25, 0.3) is 5.89 Å². The van der Waals surface area contributed by atoms with Crippen LogP contribution in [0.2, 0.25) is 0 Å². The van der Waals surface area contributed by atoms with Crippen LogP contribution in [0.5, 0.6) is 0 Å². The van der Waals surface area contributed by atoms with Crippen molar-refractivity contribution in [3.05, 3.63) is 0 Å².